The zero-order valence-corrected chi connectivity index (χ0v) is 13.2. The maximum absolute atomic E-state index is 10.2. The van der Waals surface area contributed by atoms with Crippen molar-refractivity contribution in [1.82, 2.24) is 4.90 Å². The van der Waals surface area contributed by atoms with Gasteiger partial charge in [0.15, 0.2) is 0 Å². The molecule has 0 bridgehead atoms. The zero-order chi connectivity index (χ0) is 13.8. The Morgan fingerprint density at radius 1 is 1.33 bits per heavy atom. The van der Waals surface area contributed by atoms with Gasteiger partial charge in [0.2, 0.25) is 0 Å². The molecule has 0 aliphatic heterocycles. The molecule has 0 aromatic heterocycles. The van der Waals surface area contributed by atoms with Gasteiger partial charge in [0.25, 0.3) is 0 Å². The lowest BCUT2D eigenvalue weighted by Gasteiger charge is -2.24. The number of benzene rings is 1. The third-order valence-electron chi connectivity index (χ3n) is 2.58. The predicted octanol–water partition coefficient (Wildman–Crippen LogP) is 3.89. The van der Waals surface area contributed by atoms with Gasteiger partial charge in [-0.1, -0.05) is 29.3 Å². The van der Waals surface area contributed by atoms with Crippen molar-refractivity contribution >= 4 is 35.0 Å². The van der Waals surface area contributed by atoms with E-state index < -0.39 is 4.93 Å². The standard InChI is InChI=1S/C13H19Cl2NOS/c1-13(17,6-7-16(2)3)18-9-10-4-5-11(14)8-12(10)15/h4-5,8,17H,6-7,9H2,1-3H3. The summed E-state index contributed by atoms with van der Waals surface area (Å²) in [6, 6.07) is 5.45. The normalized spacial score (nSPS) is 14.8. The van der Waals surface area contributed by atoms with Gasteiger partial charge in [-0.2, -0.15) is 0 Å². The Morgan fingerprint density at radius 2 is 2.00 bits per heavy atom. The van der Waals surface area contributed by atoms with Crippen LogP contribution in [0.15, 0.2) is 18.2 Å². The smallest absolute Gasteiger partial charge is 0.109 e. The minimum atomic E-state index is -0.743. The molecule has 5 heteroatoms. The van der Waals surface area contributed by atoms with Crippen LogP contribution >= 0.6 is 35.0 Å². The summed E-state index contributed by atoms with van der Waals surface area (Å²) >= 11 is 13.4. The lowest BCUT2D eigenvalue weighted by molar-refractivity contribution is 0.136. The third kappa shape index (κ3) is 5.81. The second-order valence-corrected chi connectivity index (χ2v) is 7.05. The Morgan fingerprint density at radius 3 is 2.56 bits per heavy atom. The summed E-state index contributed by atoms with van der Waals surface area (Å²) < 4.78 is 0. The van der Waals surface area contributed by atoms with Gasteiger partial charge >= 0.3 is 0 Å². The topological polar surface area (TPSA) is 23.5 Å². The maximum atomic E-state index is 10.2. The van der Waals surface area contributed by atoms with Crippen molar-refractivity contribution in [3.05, 3.63) is 33.8 Å². The molecule has 1 unspecified atom stereocenters. The average Bonchev–Trinajstić information content (AvgIpc) is 2.25. The molecule has 0 heterocycles. The number of hydrogen-bond acceptors (Lipinski definition) is 3. The van der Waals surface area contributed by atoms with Crippen molar-refractivity contribution in [1.29, 1.82) is 0 Å². The molecule has 0 saturated heterocycles. The van der Waals surface area contributed by atoms with Gasteiger partial charge in [-0.25, -0.2) is 0 Å². The molecule has 1 N–H and O–H groups in total. The second-order valence-electron chi connectivity index (χ2n) is 4.75. The van der Waals surface area contributed by atoms with Crippen LogP contribution in [0.5, 0.6) is 0 Å². The zero-order valence-electron chi connectivity index (χ0n) is 10.9. The first-order chi connectivity index (χ1) is 8.30. The summed E-state index contributed by atoms with van der Waals surface area (Å²) in [6.45, 7) is 2.69. The molecule has 0 radical (unpaired) electrons. The number of nitrogens with zero attached hydrogens (tertiary/aromatic N) is 1. The molecule has 1 rings (SSSR count). The Balaban J connectivity index is 2.53. The molecular formula is C13H19Cl2NOS. The molecule has 102 valence electrons. The Hall–Kier alpha value is 0.0700. The molecular weight excluding hydrogens is 289 g/mol. The van der Waals surface area contributed by atoms with Crippen LogP contribution in [0.4, 0.5) is 0 Å². The van der Waals surface area contributed by atoms with Gasteiger partial charge in [0.1, 0.15) is 4.93 Å². The van der Waals surface area contributed by atoms with Crippen molar-refractivity contribution < 1.29 is 5.11 Å². The van der Waals surface area contributed by atoms with Crippen LogP contribution in [-0.2, 0) is 5.75 Å². The molecule has 0 spiro atoms. The Bertz CT molecular complexity index is 397. The van der Waals surface area contributed by atoms with Gasteiger partial charge in [0, 0.05) is 22.3 Å². The minimum Gasteiger partial charge on any atom is -0.380 e. The monoisotopic (exact) mass is 307 g/mol. The highest BCUT2D eigenvalue weighted by Crippen LogP contribution is 2.32. The molecule has 0 aliphatic carbocycles. The van der Waals surface area contributed by atoms with E-state index in [1.54, 1.807) is 6.07 Å². The van der Waals surface area contributed by atoms with E-state index in [1.807, 2.05) is 33.2 Å². The molecule has 2 nitrogen and oxygen atoms in total. The van der Waals surface area contributed by atoms with E-state index in [1.165, 1.54) is 11.8 Å². The number of halogens is 2. The van der Waals surface area contributed by atoms with E-state index in [4.69, 9.17) is 23.2 Å². The van der Waals surface area contributed by atoms with Crippen molar-refractivity contribution in [2.24, 2.45) is 0 Å². The molecule has 1 aromatic carbocycles. The second kappa shape index (κ2) is 7.01. The van der Waals surface area contributed by atoms with E-state index in [2.05, 4.69) is 4.90 Å². The highest BCUT2D eigenvalue weighted by Gasteiger charge is 2.21. The molecule has 18 heavy (non-hydrogen) atoms. The quantitative estimate of drug-likeness (QED) is 0.807. The van der Waals surface area contributed by atoms with Crippen LogP contribution in [0.3, 0.4) is 0 Å². The van der Waals surface area contributed by atoms with Crippen molar-refractivity contribution in [2.75, 3.05) is 20.6 Å². The van der Waals surface area contributed by atoms with E-state index in [0.29, 0.717) is 15.8 Å². The Labute approximate surface area is 123 Å². The SMILES string of the molecule is CN(C)CCC(C)(O)SCc1ccc(Cl)cc1Cl. The lowest BCUT2D eigenvalue weighted by Crippen LogP contribution is -2.26. The maximum Gasteiger partial charge on any atom is 0.109 e. The fourth-order valence-corrected chi connectivity index (χ4v) is 2.88. The average molecular weight is 308 g/mol. The fourth-order valence-electron chi connectivity index (χ4n) is 1.38. The van der Waals surface area contributed by atoms with Gasteiger partial charge in [-0.15, -0.1) is 11.8 Å². The molecule has 0 aliphatic rings. The number of hydrogen-bond donors (Lipinski definition) is 1. The van der Waals surface area contributed by atoms with Crippen LogP contribution < -0.4 is 0 Å². The first kappa shape index (κ1) is 16.1. The first-order valence-corrected chi connectivity index (χ1v) is 7.49. The summed E-state index contributed by atoms with van der Waals surface area (Å²) in [5, 5.41) is 11.5. The minimum absolute atomic E-state index is 0.633. The lowest BCUT2D eigenvalue weighted by atomic mass is 10.2. The van der Waals surface area contributed by atoms with Gasteiger partial charge in [-0.05, 0) is 45.1 Å². The summed E-state index contributed by atoms with van der Waals surface area (Å²) in [7, 11) is 3.99. The third-order valence-corrected chi connectivity index (χ3v) is 4.44. The number of thioether (sulfide) groups is 1. The van der Waals surface area contributed by atoms with Gasteiger partial charge < -0.3 is 10.0 Å². The summed E-state index contributed by atoms with van der Waals surface area (Å²) in [6.07, 6.45) is 0.718. The molecule has 0 fully saturated rings. The van der Waals surface area contributed by atoms with Crippen LogP contribution in [0.1, 0.15) is 18.9 Å². The van der Waals surface area contributed by atoms with E-state index in [-0.39, 0.29) is 0 Å². The van der Waals surface area contributed by atoms with Crippen LogP contribution in [0.25, 0.3) is 0 Å². The van der Waals surface area contributed by atoms with E-state index in [0.717, 1.165) is 18.5 Å². The van der Waals surface area contributed by atoms with Gasteiger partial charge in [-0.3, -0.25) is 0 Å². The molecule has 1 aromatic rings. The van der Waals surface area contributed by atoms with Crippen molar-refractivity contribution in [2.45, 2.75) is 24.0 Å². The fraction of sp³-hybridized carbons (Fsp3) is 0.538. The highest BCUT2D eigenvalue weighted by molar-refractivity contribution is 7.99. The van der Waals surface area contributed by atoms with E-state index >= 15 is 0 Å². The Kier molecular flexibility index (Phi) is 6.28. The first-order valence-electron chi connectivity index (χ1n) is 5.75. The molecule has 1 atom stereocenters. The van der Waals surface area contributed by atoms with Crippen molar-refractivity contribution in [3.63, 3.8) is 0 Å². The predicted molar refractivity (Wildman–Crippen MR) is 81.6 cm³/mol. The molecule has 0 saturated carbocycles. The molecule has 0 amide bonds. The summed E-state index contributed by atoms with van der Waals surface area (Å²) in [5.41, 5.74) is 0.996. The van der Waals surface area contributed by atoms with Crippen LogP contribution in [0, 0.1) is 0 Å². The largest absolute Gasteiger partial charge is 0.380 e. The number of rotatable bonds is 6. The van der Waals surface area contributed by atoms with Crippen LogP contribution in [-0.4, -0.2) is 35.6 Å². The number of aliphatic hydroxyl groups is 1. The highest BCUT2D eigenvalue weighted by atomic mass is 35.5. The van der Waals surface area contributed by atoms with Crippen LogP contribution in [0.2, 0.25) is 10.0 Å². The summed E-state index contributed by atoms with van der Waals surface area (Å²) in [4.78, 5) is 1.32. The van der Waals surface area contributed by atoms with Crippen molar-refractivity contribution in [3.8, 4) is 0 Å². The van der Waals surface area contributed by atoms with E-state index in [9.17, 15) is 5.11 Å². The summed E-state index contributed by atoms with van der Waals surface area (Å²) in [5.74, 6) is 0.677. The van der Waals surface area contributed by atoms with Gasteiger partial charge in [0.05, 0.1) is 0 Å².